The van der Waals surface area contributed by atoms with Crippen LogP contribution < -0.4 is 5.32 Å². The predicted octanol–water partition coefficient (Wildman–Crippen LogP) is 2.91. The van der Waals surface area contributed by atoms with Crippen molar-refractivity contribution >= 4 is 11.6 Å². The van der Waals surface area contributed by atoms with Gasteiger partial charge < -0.3 is 10.1 Å². The van der Waals surface area contributed by atoms with Crippen molar-refractivity contribution in [2.45, 2.75) is 31.2 Å². The van der Waals surface area contributed by atoms with E-state index in [-0.39, 0.29) is 11.5 Å². The lowest BCUT2D eigenvalue weighted by Gasteiger charge is -2.26. The molecule has 1 N–H and O–H groups in total. The van der Waals surface area contributed by atoms with E-state index in [4.69, 9.17) is 16.3 Å². The predicted molar refractivity (Wildman–Crippen MR) is 71.6 cm³/mol. The lowest BCUT2D eigenvalue weighted by molar-refractivity contribution is 0.0427. The van der Waals surface area contributed by atoms with Gasteiger partial charge >= 0.3 is 0 Å². The summed E-state index contributed by atoms with van der Waals surface area (Å²) in [5.41, 5.74) is 2.75. The number of halogens is 1. The van der Waals surface area contributed by atoms with E-state index in [2.05, 4.69) is 36.5 Å². The Bertz CT molecular complexity index is 356. The van der Waals surface area contributed by atoms with Gasteiger partial charge in [-0.05, 0) is 24.0 Å². The van der Waals surface area contributed by atoms with Gasteiger partial charge in [0.1, 0.15) is 0 Å². The zero-order valence-corrected chi connectivity index (χ0v) is 11.0. The molecule has 3 heteroatoms. The zero-order chi connectivity index (χ0) is 12.1. The van der Waals surface area contributed by atoms with Gasteiger partial charge in [-0.3, -0.25) is 0 Å². The summed E-state index contributed by atoms with van der Waals surface area (Å²) in [6.45, 7) is 4.62. The van der Waals surface area contributed by atoms with Crippen molar-refractivity contribution in [3.63, 3.8) is 0 Å². The molecule has 0 spiro atoms. The van der Waals surface area contributed by atoms with Gasteiger partial charge in [0.25, 0.3) is 0 Å². The van der Waals surface area contributed by atoms with Gasteiger partial charge in [0.2, 0.25) is 0 Å². The third-order valence-corrected chi connectivity index (χ3v) is 3.69. The molecule has 2 nitrogen and oxygen atoms in total. The van der Waals surface area contributed by atoms with E-state index in [1.165, 1.54) is 11.1 Å². The Kier molecular flexibility index (Phi) is 4.84. The second kappa shape index (κ2) is 6.39. The topological polar surface area (TPSA) is 21.3 Å². The van der Waals surface area contributed by atoms with Crippen LogP contribution in [0.2, 0.25) is 0 Å². The number of alkyl halides is 1. The zero-order valence-electron chi connectivity index (χ0n) is 10.3. The fraction of sp³-hybridized carbons (Fsp3) is 0.571. The molecular weight excluding hydrogens is 234 g/mol. The first-order valence-electron chi connectivity index (χ1n) is 6.35. The van der Waals surface area contributed by atoms with Crippen LogP contribution >= 0.6 is 11.6 Å². The molecule has 0 aromatic heterocycles. The van der Waals surface area contributed by atoms with Gasteiger partial charge in [0.05, 0.1) is 12.7 Å². The van der Waals surface area contributed by atoms with Crippen LogP contribution in [0, 0.1) is 0 Å². The largest absolute Gasteiger partial charge is 0.372 e. The van der Waals surface area contributed by atoms with Crippen molar-refractivity contribution in [3.05, 3.63) is 35.4 Å². The van der Waals surface area contributed by atoms with Gasteiger partial charge in [0, 0.05) is 18.5 Å². The van der Waals surface area contributed by atoms with Crippen molar-refractivity contribution < 1.29 is 4.74 Å². The van der Waals surface area contributed by atoms with E-state index in [0.717, 1.165) is 32.5 Å². The van der Waals surface area contributed by atoms with Gasteiger partial charge in [0.15, 0.2) is 0 Å². The van der Waals surface area contributed by atoms with E-state index >= 15 is 0 Å². The molecule has 2 unspecified atom stereocenters. The number of fused-ring (bicyclic) bond motifs is 1. The maximum atomic E-state index is 6.08. The molecule has 0 radical (unpaired) electrons. The molecule has 94 valence electrons. The summed E-state index contributed by atoms with van der Waals surface area (Å²) < 4.78 is 5.81. The molecule has 0 saturated heterocycles. The Hall–Kier alpha value is -0.570. The molecule has 2 rings (SSSR count). The molecule has 1 aliphatic rings. The van der Waals surface area contributed by atoms with Crippen LogP contribution in [0.15, 0.2) is 24.3 Å². The van der Waals surface area contributed by atoms with Crippen molar-refractivity contribution in [1.82, 2.24) is 5.32 Å². The molecule has 1 aliphatic heterocycles. The Labute approximate surface area is 108 Å². The normalized spacial score (nSPS) is 20.9. The van der Waals surface area contributed by atoms with Crippen LogP contribution in [0.1, 0.15) is 30.6 Å². The highest BCUT2D eigenvalue weighted by Gasteiger charge is 2.19. The summed E-state index contributed by atoms with van der Waals surface area (Å²) in [5, 5.41) is 3.61. The van der Waals surface area contributed by atoms with Crippen LogP contribution in [0.25, 0.3) is 0 Å². The van der Waals surface area contributed by atoms with Gasteiger partial charge in [-0.25, -0.2) is 0 Å². The van der Waals surface area contributed by atoms with Crippen molar-refractivity contribution in [3.8, 4) is 0 Å². The molecule has 17 heavy (non-hydrogen) atoms. The summed E-state index contributed by atoms with van der Waals surface area (Å²) in [7, 11) is 0. The van der Waals surface area contributed by atoms with Crippen LogP contribution in [-0.2, 0) is 11.2 Å². The molecule has 0 bridgehead atoms. The smallest absolute Gasteiger partial charge is 0.0952 e. The Balaban J connectivity index is 1.90. The first-order valence-corrected chi connectivity index (χ1v) is 6.79. The van der Waals surface area contributed by atoms with Gasteiger partial charge in [-0.2, -0.15) is 0 Å². The molecule has 1 aromatic rings. The SMILES string of the molecule is CCC(Cl)CNCC1OCCc2ccccc21. The molecule has 1 heterocycles. The second-order valence-corrected chi connectivity index (χ2v) is 5.09. The maximum Gasteiger partial charge on any atom is 0.0952 e. The second-order valence-electron chi connectivity index (χ2n) is 4.47. The Morgan fingerprint density at radius 3 is 3.12 bits per heavy atom. The quantitative estimate of drug-likeness (QED) is 0.815. The van der Waals surface area contributed by atoms with Crippen molar-refractivity contribution in [2.75, 3.05) is 19.7 Å². The van der Waals surface area contributed by atoms with E-state index < -0.39 is 0 Å². The van der Waals surface area contributed by atoms with Crippen LogP contribution in [0.4, 0.5) is 0 Å². The number of nitrogens with one attached hydrogen (secondary N) is 1. The van der Waals surface area contributed by atoms with Gasteiger partial charge in [-0.15, -0.1) is 11.6 Å². The van der Waals surface area contributed by atoms with E-state index in [9.17, 15) is 0 Å². The fourth-order valence-electron chi connectivity index (χ4n) is 2.16. The minimum Gasteiger partial charge on any atom is -0.372 e. The third-order valence-electron chi connectivity index (χ3n) is 3.23. The Morgan fingerprint density at radius 1 is 1.47 bits per heavy atom. The molecule has 2 atom stereocenters. The number of rotatable bonds is 5. The molecule has 0 amide bonds. The first kappa shape index (κ1) is 12.9. The highest BCUT2D eigenvalue weighted by Crippen LogP contribution is 2.26. The van der Waals surface area contributed by atoms with Crippen molar-refractivity contribution in [1.29, 1.82) is 0 Å². The minimum atomic E-state index is 0.181. The van der Waals surface area contributed by atoms with Crippen LogP contribution in [0.5, 0.6) is 0 Å². The molecule has 0 fully saturated rings. The summed E-state index contributed by atoms with van der Waals surface area (Å²) in [4.78, 5) is 0. The van der Waals surface area contributed by atoms with E-state index in [1.54, 1.807) is 0 Å². The van der Waals surface area contributed by atoms with Gasteiger partial charge in [-0.1, -0.05) is 31.2 Å². The summed E-state index contributed by atoms with van der Waals surface area (Å²) in [5.74, 6) is 0. The molecule has 1 aromatic carbocycles. The average Bonchev–Trinajstić information content (AvgIpc) is 2.39. The highest BCUT2D eigenvalue weighted by molar-refractivity contribution is 6.20. The number of hydrogen-bond donors (Lipinski definition) is 1. The standard InChI is InChI=1S/C14H20ClNO/c1-2-12(15)9-16-10-14-13-6-4-3-5-11(13)7-8-17-14/h3-6,12,14,16H,2,7-10H2,1H3. The molecule has 0 aliphatic carbocycles. The summed E-state index contributed by atoms with van der Waals surface area (Å²) in [6, 6.07) is 8.54. The summed E-state index contributed by atoms with van der Waals surface area (Å²) in [6.07, 6.45) is 2.21. The molecular formula is C14H20ClNO. The third kappa shape index (κ3) is 3.44. The first-order chi connectivity index (χ1) is 8.31. The lowest BCUT2D eigenvalue weighted by atomic mass is 9.97. The monoisotopic (exact) mass is 253 g/mol. The van der Waals surface area contributed by atoms with Crippen LogP contribution in [-0.4, -0.2) is 25.1 Å². The maximum absolute atomic E-state index is 6.08. The molecule has 0 saturated carbocycles. The minimum absolute atomic E-state index is 0.181. The number of benzene rings is 1. The fourth-order valence-corrected chi connectivity index (χ4v) is 2.27. The van der Waals surface area contributed by atoms with E-state index in [0.29, 0.717) is 0 Å². The van der Waals surface area contributed by atoms with E-state index in [1.807, 2.05) is 0 Å². The number of hydrogen-bond acceptors (Lipinski definition) is 2. The van der Waals surface area contributed by atoms with Crippen molar-refractivity contribution in [2.24, 2.45) is 0 Å². The summed E-state index contributed by atoms with van der Waals surface area (Å²) >= 11 is 6.08. The Morgan fingerprint density at radius 2 is 2.29 bits per heavy atom. The number of ether oxygens (including phenoxy) is 1. The van der Waals surface area contributed by atoms with Crippen LogP contribution in [0.3, 0.4) is 0 Å². The lowest BCUT2D eigenvalue weighted by Crippen LogP contribution is -2.31. The average molecular weight is 254 g/mol. The highest BCUT2D eigenvalue weighted by atomic mass is 35.5.